The van der Waals surface area contributed by atoms with E-state index in [1.54, 1.807) is 25.3 Å². The number of aromatic nitrogens is 2. The Bertz CT molecular complexity index is 617. The molecule has 0 amide bonds. The van der Waals surface area contributed by atoms with Crippen molar-refractivity contribution < 1.29 is 14.3 Å². The molecule has 0 spiro atoms. The van der Waals surface area contributed by atoms with Gasteiger partial charge in [-0.3, -0.25) is 0 Å². The zero-order valence-corrected chi connectivity index (χ0v) is 12.0. The van der Waals surface area contributed by atoms with Crippen LogP contribution in [0.3, 0.4) is 0 Å². The lowest BCUT2D eigenvalue weighted by Crippen LogP contribution is -2.09. The average molecular weight is 287 g/mol. The molecular formula is C15H17N3O3. The Balaban J connectivity index is 2.21. The van der Waals surface area contributed by atoms with E-state index in [0.29, 0.717) is 24.5 Å². The van der Waals surface area contributed by atoms with Crippen molar-refractivity contribution in [1.82, 2.24) is 9.97 Å². The number of anilines is 1. The number of carbonyl (C=O) groups excluding carboxylic acids is 1. The minimum absolute atomic E-state index is 0.371. The number of methoxy groups -OCH3 is 2. The van der Waals surface area contributed by atoms with Crippen LogP contribution < -0.4 is 5.32 Å². The number of hydrogen-bond acceptors (Lipinski definition) is 6. The van der Waals surface area contributed by atoms with E-state index in [0.717, 1.165) is 11.3 Å². The maximum Gasteiger partial charge on any atom is 0.337 e. The van der Waals surface area contributed by atoms with Crippen molar-refractivity contribution in [2.45, 2.75) is 0 Å². The second-order valence-corrected chi connectivity index (χ2v) is 4.28. The summed E-state index contributed by atoms with van der Waals surface area (Å²) in [6, 6.07) is 8.95. The zero-order valence-electron chi connectivity index (χ0n) is 12.0. The van der Waals surface area contributed by atoms with Gasteiger partial charge in [-0.25, -0.2) is 14.8 Å². The maximum atomic E-state index is 11.6. The molecule has 0 saturated carbocycles. The molecule has 0 fully saturated rings. The van der Waals surface area contributed by atoms with E-state index in [-0.39, 0.29) is 5.97 Å². The fraction of sp³-hybridized carbons (Fsp3) is 0.267. The Labute approximate surface area is 123 Å². The Kier molecular flexibility index (Phi) is 5.22. The quantitative estimate of drug-likeness (QED) is 0.647. The van der Waals surface area contributed by atoms with E-state index >= 15 is 0 Å². The largest absolute Gasteiger partial charge is 0.465 e. The summed E-state index contributed by atoms with van der Waals surface area (Å²) in [5.74, 6) is 0.338. The number of nitrogens with one attached hydrogen (secondary N) is 1. The van der Waals surface area contributed by atoms with Gasteiger partial charge in [0.1, 0.15) is 12.1 Å². The maximum absolute atomic E-state index is 11.6. The van der Waals surface area contributed by atoms with E-state index in [2.05, 4.69) is 15.3 Å². The second-order valence-electron chi connectivity index (χ2n) is 4.28. The van der Waals surface area contributed by atoms with Gasteiger partial charge in [-0.15, -0.1) is 0 Å². The van der Waals surface area contributed by atoms with Crippen LogP contribution in [0.5, 0.6) is 0 Å². The van der Waals surface area contributed by atoms with Gasteiger partial charge in [0.2, 0.25) is 0 Å². The number of carbonyl (C=O) groups is 1. The molecule has 2 rings (SSSR count). The summed E-state index contributed by atoms with van der Waals surface area (Å²) < 4.78 is 9.69. The first-order chi connectivity index (χ1) is 10.2. The first-order valence-corrected chi connectivity index (χ1v) is 6.48. The molecule has 0 aliphatic carbocycles. The third-order valence-electron chi connectivity index (χ3n) is 2.86. The SMILES string of the molecule is COCCNc1cc(-c2cccc(C(=O)OC)c2)ncn1. The number of hydrogen-bond donors (Lipinski definition) is 1. The van der Waals surface area contributed by atoms with Gasteiger partial charge >= 0.3 is 5.97 Å². The third-order valence-corrected chi connectivity index (χ3v) is 2.86. The molecule has 6 nitrogen and oxygen atoms in total. The van der Waals surface area contributed by atoms with Crippen molar-refractivity contribution in [2.24, 2.45) is 0 Å². The summed E-state index contributed by atoms with van der Waals surface area (Å²) in [5.41, 5.74) is 2.05. The van der Waals surface area contributed by atoms with Crippen molar-refractivity contribution in [2.75, 3.05) is 32.7 Å². The first kappa shape index (κ1) is 14.9. The number of benzene rings is 1. The van der Waals surface area contributed by atoms with Gasteiger partial charge in [0.05, 0.1) is 25.0 Å². The lowest BCUT2D eigenvalue weighted by molar-refractivity contribution is 0.0601. The van der Waals surface area contributed by atoms with Crippen LogP contribution in [0.15, 0.2) is 36.7 Å². The van der Waals surface area contributed by atoms with Crippen molar-refractivity contribution in [1.29, 1.82) is 0 Å². The summed E-state index contributed by atoms with van der Waals surface area (Å²) in [7, 11) is 3.00. The predicted octanol–water partition coefficient (Wildman–Crippen LogP) is 1.99. The molecule has 21 heavy (non-hydrogen) atoms. The van der Waals surface area contributed by atoms with Gasteiger partial charge in [0.25, 0.3) is 0 Å². The number of rotatable bonds is 6. The number of esters is 1. The van der Waals surface area contributed by atoms with Gasteiger partial charge in [0.15, 0.2) is 0 Å². The zero-order chi connectivity index (χ0) is 15.1. The molecule has 0 bridgehead atoms. The standard InChI is InChI=1S/C15H17N3O3/c1-20-7-6-16-14-9-13(17-10-18-14)11-4-3-5-12(8-11)15(19)21-2/h3-5,8-10H,6-7H2,1-2H3,(H,16,17,18). The first-order valence-electron chi connectivity index (χ1n) is 6.48. The van der Waals surface area contributed by atoms with E-state index in [9.17, 15) is 4.79 Å². The molecule has 0 radical (unpaired) electrons. The summed E-state index contributed by atoms with van der Waals surface area (Å²) in [4.78, 5) is 19.9. The van der Waals surface area contributed by atoms with Crippen LogP contribution in [-0.2, 0) is 9.47 Å². The van der Waals surface area contributed by atoms with E-state index in [1.165, 1.54) is 13.4 Å². The van der Waals surface area contributed by atoms with Gasteiger partial charge in [-0.05, 0) is 12.1 Å². The molecule has 1 aromatic heterocycles. The number of ether oxygens (including phenoxy) is 2. The summed E-state index contributed by atoms with van der Waals surface area (Å²) in [6.45, 7) is 1.26. The highest BCUT2D eigenvalue weighted by molar-refractivity contribution is 5.90. The topological polar surface area (TPSA) is 73.3 Å². The Hall–Kier alpha value is -2.47. The number of nitrogens with zero attached hydrogens (tertiary/aromatic N) is 2. The molecule has 0 saturated heterocycles. The minimum atomic E-state index is -0.371. The lowest BCUT2D eigenvalue weighted by Gasteiger charge is -2.07. The highest BCUT2D eigenvalue weighted by Crippen LogP contribution is 2.20. The fourth-order valence-electron chi connectivity index (χ4n) is 1.82. The smallest absolute Gasteiger partial charge is 0.337 e. The molecule has 1 N–H and O–H groups in total. The monoisotopic (exact) mass is 287 g/mol. The summed E-state index contributed by atoms with van der Waals surface area (Å²) >= 11 is 0. The van der Waals surface area contributed by atoms with Crippen LogP contribution in [-0.4, -0.2) is 43.3 Å². The van der Waals surface area contributed by atoms with E-state index in [1.807, 2.05) is 12.1 Å². The van der Waals surface area contributed by atoms with Gasteiger partial charge < -0.3 is 14.8 Å². The molecule has 6 heteroatoms. The van der Waals surface area contributed by atoms with Crippen LogP contribution >= 0.6 is 0 Å². The van der Waals surface area contributed by atoms with Crippen LogP contribution in [0, 0.1) is 0 Å². The average Bonchev–Trinajstić information content (AvgIpc) is 2.55. The summed E-state index contributed by atoms with van der Waals surface area (Å²) in [5, 5.41) is 3.14. The van der Waals surface area contributed by atoms with Crippen molar-refractivity contribution in [3.8, 4) is 11.3 Å². The van der Waals surface area contributed by atoms with Gasteiger partial charge in [-0.1, -0.05) is 12.1 Å². The van der Waals surface area contributed by atoms with Crippen molar-refractivity contribution in [3.63, 3.8) is 0 Å². The Morgan fingerprint density at radius 3 is 2.86 bits per heavy atom. The van der Waals surface area contributed by atoms with Gasteiger partial charge in [-0.2, -0.15) is 0 Å². The Morgan fingerprint density at radius 1 is 1.24 bits per heavy atom. The lowest BCUT2D eigenvalue weighted by atomic mass is 10.1. The Morgan fingerprint density at radius 2 is 2.10 bits per heavy atom. The van der Waals surface area contributed by atoms with Crippen LogP contribution in [0.1, 0.15) is 10.4 Å². The summed E-state index contributed by atoms with van der Waals surface area (Å²) in [6.07, 6.45) is 1.48. The van der Waals surface area contributed by atoms with Crippen molar-refractivity contribution in [3.05, 3.63) is 42.2 Å². The fourth-order valence-corrected chi connectivity index (χ4v) is 1.82. The van der Waals surface area contributed by atoms with Crippen LogP contribution in [0.25, 0.3) is 11.3 Å². The minimum Gasteiger partial charge on any atom is -0.465 e. The predicted molar refractivity (Wildman–Crippen MR) is 79.2 cm³/mol. The molecule has 0 aliphatic rings. The molecule has 2 aromatic rings. The normalized spacial score (nSPS) is 10.2. The molecule has 0 aliphatic heterocycles. The second kappa shape index (κ2) is 7.35. The molecular weight excluding hydrogens is 270 g/mol. The third kappa shape index (κ3) is 4.00. The van der Waals surface area contributed by atoms with Crippen molar-refractivity contribution >= 4 is 11.8 Å². The molecule has 110 valence electrons. The van der Waals surface area contributed by atoms with Crippen LogP contribution in [0.2, 0.25) is 0 Å². The van der Waals surface area contributed by atoms with E-state index < -0.39 is 0 Å². The van der Waals surface area contributed by atoms with E-state index in [4.69, 9.17) is 9.47 Å². The molecule has 1 aromatic carbocycles. The van der Waals surface area contributed by atoms with Gasteiger partial charge in [0, 0.05) is 25.3 Å². The molecule has 0 atom stereocenters. The molecule has 1 heterocycles. The highest BCUT2D eigenvalue weighted by Gasteiger charge is 2.08. The highest BCUT2D eigenvalue weighted by atomic mass is 16.5. The molecule has 0 unspecified atom stereocenters. The van der Waals surface area contributed by atoms with Crippen LogP contribution in [0.4, 0.5) is 5.82 Å².